The second-order valence-corrected chi connectivity index (χ2v) is 17.6. The number of hydrogen-bond acceptors (Lipinski definition) is 15. The lowest BCUT2D eigenvalue weighted by Gasteiger charge is -2.37. The minimum Gasteiger partial charge on any atom is -0.454 e. The SMILES string of the molecule is CNc1nc2cc(C(N)=O)ccc2n1CCCCn1c(NC)nc2cc(C(=O)NCCNC(=O)c3ccc4c(c3)C(=O)OC43c4ccc(N)c(S)c4Oc4c3ccc(N)c4S(=O)(=O)O)ccc21. The summed E-state index contributed by atoms with van der Waals surface area (Å²) in [6, 6.07) is 20.6. The summed E-state index contributed by atoms with van der Waals surface area (Å²) in [6.07, 6.45) is 1.61. The molecular formula is C45H43N11O9S2. The number of nitrogens with zero attached hydrogens (tertiary/aromatic N) is 4. The summed E-state index contributed by atoms with van der Waals surface area (Å²) >= 11 is 4.49. The van der Waals surface area contributed by atoms with E-state index in [1.807, 2.05) is 12.1 Å². The van der Waals surface area contributed by atoms with Gasteiger partial charge in [-0.2, -0.15) is 8.42 Å². The zero-order chi connectivity index (χ0) is 47.5. The third-order valence-electron chi connectivity index (χ3n) is 11.9. The maximum Gasteiger partial charge on any atom is 0.340 e. The zero-order valence-electron chi connectivity index (χ0n) is 35.8. The van der Waals surface area contributed by atoms with Crippen molar-refractivity contribution in [2.45, 2.75) is 41.3 Å². The van der Waals surface area contributed by atoms with Gasteiger partial charge in [-0.1, -0.05) is 6.07 Å². The van der Waals surface area contributed by atoms with Crippen LogP contribution < -0.4 is 43.2 Å². The maximum atomic E-state index is 13.7. The Balaban J connectivity index is 0.853. The van der Waals surface area contributed by atoms with Gasteiger partial charge in [0.05, 0.1) is 38.2 Å². The molecule has 2 aliphatic rings. The van der Waals surface area contributed by atoms with Crippen molar-refractivity contribution in [3.8, 4) is 11.5 Å². The summed E-state index contributed by atoms with van der Waals surface area (Å²) in [4.78, 5) is 60.8. The van der Waals surface area contributed by atoms with Crippen LogP contribution in [0.4, 0.5) is 23.3 Å². The highest BCUT2D eigenvalue weighted by Crippen LogP contribution is 2.59. The molecule has 2 aliphatic heterocycles. The molecule has 22 heteroatoms. The number of rotatable bonds is 14. The summed E-state index contributed by atoms with van der Waals surface area (Å²) < 4.78 is 51.6. The van der Waals surface area contributed by atoms with Crippen molar-refractivity contribution in [3.63, 3.8) is 0 Å². The van der Waals surface area contributed by atoms with Crippen LogP contribution in [0.25, 0.3) is 22.1 Å². The van der Waals surface area contributed by atoms with Gasteiger partial charge in [0.15, 0.2) is 22.0 Å². The van der Waals surface area contributed by atoms with Crippen LogP contribution in [0.5, 0.6) is 11.5 Å². The summed E-state index contributed by atoms with van der Waals surface area (Å²) in [5.41, 5.74) is 20.1. The van der Waals surface area contributed by atoms with E-state index >= 15 is 0 Å². The number of aromatic nitrogens is 4. The highest BCUT2D eigenvalue weighted by atomic mass is 32.2. The van der Waals surface area contributed by atoms with E-state index in [4.69, 9.17) is 31.7 Å². The molecule has 20 nitrogen and oxygen atoms in total. The van der Waals surface area contributed by atoms with Gasteiger partial charge in [-0.15, -0.1) is 12.6 Å². The van der Waals surface area contributed by atoms with Crippen LogP contribution in [-0.2, 0) is 33.5 Å². The van der Waals surface area contributed by atoms with Crippen molar-refractivity contribution in [2.75, 3.05) is 49.3 Å². The summed E-state index contributed by atoms with van der Waals surface area (Å²) in [5, 5.41) is 11.8. The van der Waals surface area contributed by atoms with E-state index in [9.17, 15) is 32.1 Å². The number of thiol groups is 1. The molecule has 3 amide bonds. The van der Waals surface area contributed by atoms with Crippen molar-refractivity contribution >= 4 is 91.8 Å². The lowest BCUT2D eigenvalue weighted by atomic mass is 9.77. The fraction of sp³-hybridized carbons (Fsp3) is 0.200. The zero-order valence-corrected chi connectivity index (χ0v) is 37.5. The molecule has 11 N–H and O–H groups in total. The smallest absolute Gasteiger partial charge is 0.340 e. The third kappa shape index (κ3) is 7.53. The van der Waals surface area contributed by atoms with E-state index in [-0.39, 0.29) is 74.6 Å². The third-order valence-corrected chi connectivity index (χ3v) is 13.3. The first kappa shape index (κ1) is 44.4. The van der Waals surface area contributed by atoms with E-state index < -0.39 is 38.4 Å². The number of aryl methyl sites for hydroxylation is 2. The Morgan fingerprint density at radius 2 is 1.24 bits per heavy atom. The summed E-state index contributed by atoms with van der Waals surface area (Å²) in [6.45, 7) is 1.44. The molecule has 0 saturated carbocycles. The number of benzene rings is 5. The summed E-state index contributed by atoms with van der Waals surface area (Å²) in [7, 11) is -1.39. The molecule has 67 heavy (non-hydrogen) atoms. The van der Waals surface area contributed by atoms with E-state index in [2.05, 4.69) is 48.0 Å². The van der Waals surface area contributed by atoms with Gasteiger partial charge in [0.25, 0.3) is 21.9 Å². The van der Waals surface area contributed by atoms with E-state index in [0.717, 1.165) is 23.9 Å². The molecule has 1 spiro atoms. The van der Waals surface area contributed by atoms with Gasteiger partial charge in [-0.25, -0.2) is 14.8 Å². The minimum absolute atomic E-state index is 0.00977. The molecule has 1 unspecified atom stereocenters. The number of nitrogens with two attached hydrogens (primary N) is 3. The molecule has 0 saturated heterocycles. The quantitative estimate of drug-likeness (QED) is 0.0239. The maximum absolute atomic E-state index is 13.7. The van der Waals surface area contributed by atoms with Gasteiger partial charge >= 0.3 is 5.97 Å². The number of unbranched alkanes of at least 4 members (excludes halogenated alkanes) is 1. The monoisotopic (exact) mass is 945 g/mol. The molecule has 0 radical (unpaired) electrons. The van der Waals surface area contributed by atoms with Crippen LogP contribution >= 0.6 is 12.6 Å². The Hall–Kier alpha value is -7.82. The van der Waals surface area contributed by atoms with Crippen LogP contribution in [0.3, 0.4) is 0 Å². The number of amides is 3. The first-order valence-electron chi connectivity index (χ1n) is 20.9. The summed E-state index contributed by atoms with van der Waals surface area (Å²) in [5.74, 6) is -1.34. The topological polar surface area (TPSA) is 303 Å². The Morgan fingerprint density at radius 3 is 1.81 bits per heavy atom. The van der Waals surface area contributed by atoms with Gasteiger partial charge in [0.1, 0.15) is 0 Å². The van der Waals surface area contributed by atoms with Crippen molar-refractivity contribution in [1.82, 2.24) is 29.7 Å². The average molecular weight is 946 g/mol. The molecule has 0 fully saturated rings. The second-order valence-electron chi connectivity index (χ2n) is 15.8. The van der Waals surface area contributed by atoms with Gasteiger partial charge in [-0.05, 0) is 85.6 Å². The number of hydrogen-bond donors (Lipinski definition) is 9. The van der Waals surface area contributed by atoms with E-state index in [1.165, 1.54) is 36.4 Å². The van der Waals surface area contributed by atoms with Crippen LogP contribution in [0.15, 0.2) is 88.7 Å². The first-order chi connectivity index (χ1) is 32.0. The average Bonchev–Trinajstić information content (AvgIpc) is 3.95. The van der Waals surface area contributed by atoms with Crippen molar-refractivity contribution in [1.29, 1.82) is 0 Å². The van der Waals surface area contributed by atoms with Crippen molar-refractivity contribution < 1.29 is 41.6 Å². The Labute approximate surface area is 387 Å². The Morgan fingerprint density at radius 1 is 0.731 bits per heavy atom. The standard InChI is InChI=1S/C45H43N11O9S2/c1-49-43-53-31-20-22(39(48)57)6-13-33(31)55(43)17-3-4-18-56-34-14-7-24(21-32(34)54-44(56)50-2)41(59)52-16-15-51-40(58)23-5-8-26-25(19-23)42(60)65-45(26)27-9-11-29(46)37(66)35(27)64-36-28(45)10-12-30(47)38(36)67(61,62)63/h5-14,19-21,66H,3-4,15-18,46-47H2,1-2H3,(H2,48,57)(H,49,53)(H,50,54)(H,51,58)(H,52,59)(H,61,62,63). The molecule has 7 aromatic rings. The van der Waals surface area contributed by atoms with Crippen LogP contribution in [-0.4, -0.2) is 82.9 Å². The second kappa shape index (κ2) is 16.9. The fourth-order valence-electron chi connectivity index (χ4n) is 8.73. The number of imidazole rings is 2. The largest absolute Gasteiger partial charge is 0.454 e. The van der Waals surface area contributed by atoms with E-state index in [0.29, 0.717) is 47.1 Å². The van der Waals surface area contributed by atoms with Gasteiger partial charge in [0.2, 0.25) is 17.8 Å². The van der Waals surface area contributed by atoms with Gasteiger partial charge < -0.3 is 57.1 Å². The van der Waals surface area contributed by atoms with Gasteiger partial charge in [0, 0.05) is 79.3 Å². The number of ether oxygens (including phenoxy) is 2. The van der Waals surface area contributed by atoms with Crippen molar-refractivity contribution in [2.24, 2.45) is 5.73 Å². The Kier molecular flexibility index (Phi) is 11.2. The molecule has 9 rings (SSSR count). The molecule has 2 aromatic heterocycles. The van der Waals surface area contributed by atoms with Crippen LogP contribution in [0.1, 0.15) is 71.0 Å². The van der Waals surface area contributed by atoms with Crippen molar-refractivity contribution in [3.05, 3.63) is 118 Å². The predicted molar refractivity (Wildman–Crippen MR) is 252 cm³/mol. The fourth-order valence-corrected chi connectivity index (χ4v) is 9.72. The number of carbonyl (C=O) groups is 4. The van der Waals surface area contributed by atoms with Crippen LogP contribution in [0.2, 0.25) is 0 Å². The first-order valence-corrected chi connectivity index (χ1v) is 22.7. The lowest BCUT2D eigenvalue weighted by molar-refractivity contribution is 0.0221. The number of esters is 1. The molecule has 4 heterocycles. The lowest BCUT2D eigenvalue weighted by Crippen LogP contribution is -2.35. The Bertz CT molecular complexity index is 3370. The molecule has 0 aliphatic carbocycles. The molecule has 0 bridgehead atoms. The van der Waals surface area contributed by atoms with Crippen LogP contribution in [0, 0.1) is 0 Å². The van der Waals surface area contributed by atoms with Gasteiger partial charge in [-0.3, -0.25) is 18.9 Å². The highest BCUT2D eigenvalue weighted by Gasteiger charge is 2.55. The molecule has 344 valence electrons. The molecule has 5 aromatic carbocycles. The number of nitrogen functional groups attached to an aromatic ring is 2. The molecule has 1 atom stereocenters. The number of fused-ring (bicyclic) bond motifs is 8. The number of carbonyl (C=O) groups excluding carboxylic acids is 4. The molecular weight excluding hydrogens is 903 g/mol. The minimum atomic E-state index is -4.96. The number of anilines is 4. The normalized spacial score (nSPS) is 14.8. The highest BCUT2D eigenvalue weighted by molar-refractivity contribution is 7.86. The number of nitrogens with one attached hydrogen (secondary N) is 4. The number of primary amides is 1. The predicted octanol–water partition coefficient (Wildman–Crippen LogP) is 4.48. The van der Waals surface area contributed by atoms with E-state index in [1.54, 1.807) is 44.4 Å².